The second-order valence-electron chi connectivity index (χ2n) is 5.79. The number of aromatic nitrogens is 2. The molecule has 0 amide bonds. The molecule has 1 heterocycles. The quantitative estimate of drug-likeness (QED) is 0.834. The lowest BCUT2D eigenvalue weighted by Gasteiger charge is -2.17. The molecule has 0 saturated carbocycles. The molecular weight excluding hydrogens is 198 g/mol. The van der Waals surface area contributed by atoms with Gasteiger partial charge in [-0.25, -0.2) is 4.98 Å². The Hall–Kier alpha value is -0.830. The summed E-state index contributed by atoms with van der Waals surface area (Å²) in [6.07, 6.45) is 7.11. The average Bonchev–Trinajstić information content (AvgIpc) is 2.61. The van der Waals surface area contributed by atoms with Crippen molar-refractivity contribution < 1.29 is 0 Å². The molecule has 0 aromatic carbocycles. The monoisotopic (exact) mass is 223 g/mol. The molecule has 1 aromatic heterocycles. The summed E-state index contributed by atoms with van der Waals surface area (Å²) in [5.41, 5.74) is 7.40. The molecule has 92 valence electrons. The molecule has 0 saturated heterocycles. The fourth-order valence-corrected chi connectivity index (χ4v) is 1.51. The third-order valence-electron chi connectivity index (χ3n) is 2.80. The summed E-state index contributed by atoms with van der Waals surface area (Å²) in [5.74, 6) is 0. The lowest BCUT2D eigenvalue weighted by Crippen LogP contribution is -2.21. The fourth-order valence-electron chi connectivity index (χ4n) is 1.51. The molecular formula is C13H25N3. The predicted octanol–water partition coefficient (Wildman–Crippen LogP) is 2.60. The Bertz CT molecular complexity index is 309. The van der Waals surface area contributed by atoms with Crippen molar-refractivity contribution in [1.29, 1.82) is 0 Å². The topological polar surface area (TPSA) is 43.8 Å². The van der Waals surface area contributed by atoms with Gasteiger partial charge in [0.25, 0.3) is 0 Å². The van der Waals surface area contributed by atoms with Gasteiger partial charge < -0.3 is 10.3 Å². The van der Waals surface area contributed by atoms with Crippen molar-refractivity contribution in [2.75, 3.05) is 0 Å². The summed E-state index contributed by atoms with van der Waals surface area (Å²) < 4.78 is 2.17. The maximum atomic E-state index is 5.91. The molecule has 0 radical (unpaired) electrons. The molecule has 1 unspecified atom stereocenters. The van der Waals surface area contributed by atoms with Gasteiger partial charge >= 0.3 is 0 Å². The van der Waals surface area contributed by atoms with Gasteiger partial charge in [0, 0.05) is 25.2 Å². The minimum Gasteiger partial charge on any atom is -0.337 e. The molecule has 3 nitrogen and oxygen atoms in total. The van der Waals surface area contributed by atoms with Gasteiger partial charge in [-0.2, -0.15) is 0 Å². The molecule has 0 aliphatic rings. The third-order valence-corrected chi connectivity index (χ3v) is 2.80. The molecule has 0 aliphatic carbocycles. The lowest BCUT2D eigenvalue weighted by atomic mass is 9.92. The normalized spacial score (nSPS) is 14.1. The minimum atomic E-state index is 0.242. The van der Waals surface area contributed by atoms with Gasteiger partial charge in [0.2, 0.25) is 0 Å². The highest BCUT2D eigenvalue weighted by Gasteiger charge is 2.10. The van der Waals surface area contributed by atoms with Gasteiger partial charge in [0.15, 0.2) is 0 Å². The number of aryl methyl sites for hydroxylation is 1. The molecule has 1 aromatic rings. The van der Waals surface area contributed by atoms with E-state index >= 15 is 0 Å². The molecule has 1 atom stereocenters. The van der Waals surface area contributed by atoms with E-state index in [1.807, 2.05) is 6.33 Å². The number of nitrogens with zero attached hydrogens (tertiary/aromatic N) is 2. The smallest absolute Gasteiger partial charge is 0.0949 e. The molecule has 0 spiro atoms. The Labute approximate surface area is 99.1 Å². The van der Waals surface area contributed by atoms with E-state index in [-0.39, 0.29) is 6.04 Å². The first-order valence-corrected chi connectivity index (χ1v) is 6.17. The predicted molar refractivity (Wildman–Crippen MR) is 68.3 cm³/mol. The van der Waals surface area contributed by atoms with Crippen molar-refractivity contribution in [3.05, 3.63) is 18.2 Å². The standard InChI is InChI=1S/C13H25N3/c1-5-11(14)8-12-9-16(10-15-12)7-6-13(2,3)4/h9-11H,5-8,14H2,1-4H3. The zero-order valence-corrected chi connectivity index (χ0v) is 11.0. The Balaban J connectivity index is 2.45. The van der Waals surface area contributed by atoms with Crippen LogP contribution in [0.25, 0.3) is 0 Å². The number of imidazole rings is 1. The van der Waals surface area contributed by atoms with E-state index in [4.69, 9.17) is 5.73 Å². The number of hydrogen-bond acceptors (Lipinski definition) is 2. The van der Waals surface area contributed by atoms with Crippen LogP contribution in [-0.2, 0) is 13.0 Å². The average molecular weight is 223 g/mol. The highest BCUT2D eigenvalue weighted by atomic mass is 15.0. The lowest BCUT2D eigenvalue weighted by molar-refractivity contribution is 0.350. The van der Waals surface area contributed by atoms with E-state index in [1.165, 1.54) is 6.42 Å². The van der Waals surface area contributed by atoms with Gasteiger partial charge in [-0.15, -0.1) is 0 Å². The second-order valence-corrected chi connectivity index (χ2v) is 5.79. The van der Waals surface area contributed by atoms with Crippen LogP contribution in [0.4, 0.5) is 0 Å². The van der Waals surface area contributed by atoms with Crippen molar-refractivity contribution in [1.82, 2.24) is 9.55 Å². The zero-order valence-electron chi connectivity index (χ0n) is 11.0. The van der Waals surface area contributed by atoms with Crippen LogP contribution in [-0.4, -0.2) is 15.6 Å². The summed E-state index contributed by atoms with van der Waals surface area (Å²) >= 11 is 0. The van der Waals surface area contributed by atoms with Gasteiger partial charge in [-0.3, -0.25) is 0 Å². The molecule has 3 heteroatoms. The first kappa shape index (κ1) is 13.2. The highest BCUT2D eigenvalue weighted by Crippen LogP contribution is 2.19. The maximum absolute atomic E-state index is 5.91. The summed E-state index contributed by atoms with van der Waals surface area (Å²) in [4.78, 5) is 4.39. The Morgan fingerprint density at radius 1 is 1.44 bits per heavy atom. The van der Waals surface area contributed by atoms with E-state index in [2.05, 4.69) is 43.4 Å². The minimum absolute atomic E-state index is 0.242. The van der Waals surface area contributed by atoms with Crippen LogP contribution in [0.2, 0.25) is 0 Å². The van der Waals surface area contributed by atoms with Crippen molar-refractivity contribution in [3.63, 3.8) is 0 Å². The molecule has 2 N–H and O–H groups in total. The summed E-state index contributed by atoms with van der Waals surface area (Å²) in [6.45, 7) is 9.94. The Morgan fingerprint density at radius 3 is 2.69 bits per heavy atom. The van der Waals surface area contributed by atoms with E-state index in [0.29, 0.717) is 5.41 Å². The van der Waals surface area contributed by atoms with Gasteiger partial charge in [0.05, 0.1) is 12.0 Å². The van der Waals surface area contributed by atoms with Crippen molar-refractivity contribution in [3.8, 4) is 0 Å². The van der Waals surface area contributed by atoms with Crippen molar-refractivity contribution in [2.45, 2.75) is 59.5 Å². The van der Waals surface area contributed by atoms with Gasteiger partial charge in [0.1, 0.15) is 0 Å². The molecule has 0 aliphatic heterocycles. The van der Waals surface area contributed by atoms with E-state index in [9.17, 15) is 0 Å². The van der Waals surface area contributed by atoms with Crippen LogP contribution in [0.3, 0.4) is 0 Å². The number of nitrogens with two attached hydrogens (primary N) is 1. The van der Waals surface area contributed by atoms with Gasteiger partial charge in [-0.1, -0.05) is 27.7 Å². The maximum Gasteiger partial charge on any atom is 0.0949 e. The molecule has 16 heavy (non-hydrogen) atoms. The first-order chi connectivity index (χ1) is 7.40. The second kappa shape index (κ2) is 5.48. The largest absolute Gasteiger partial charge is 0.337 e. The molecule has 0 bridgehead atoms. The van der Waals surface area contributed by atoms with E-state index < -0.39 is 0 Å². The molecule has 1 rings (SSSR count). The number of hydrogen-bond donors (Lipinski definition) is 1. The van der Waals surface area contributed by atoms with Crippen LogP contribution < -0.4 is 5.73 Å². The van der Waals surface area contributed by atoms with Crippen LogP contribution in [0.1, 0.15) is 46.2 Å². The van der Waals surface area contributed by atoms with Crippen LogP contribution in [0.5, 0.6) is 0 Å². The van der Waals surface area contributed by atoms with E-state index in [0.717, 1.165) is 25.1 Å². The summed E-state index contributed by atoms with van der Waals surface area (Å²) in [7, 11) is 0. The van der Waals surface area contributed by atoms with Crippen LogP contribution >= 0.6 is 0 Å². The fraction of sp³-hybridized carbons (Fsp3) is 0.769. The summed E-state index contributed by atoms with van der Waals surface area (Å²) in [5, 5.41) is 0. The van der Waals surface area contributed by atoms with Crippen molar-refractivity contribution in [2.24, 2.45) is 11.1 Å². The van der Waals surface area contributed by atoms with E-state index in [1.54, 1.807) is 0 Å². The summed E-state index contributed by atoms with van der Waals surface area (Å²) in [6, 6.07) is 0.242. The molecule has 0 fully saturated rings. The van der Waals surface area contributed by atoms with Crippen LogP contribution in [0, 0.1) is 5.41 Å². The Morgan fingerprint density at radius 2 is 2.12 bits per heavy atom. The first-order valence-electron chi connectivity index (χ1n) is 6.17. The van der Waals surface area contributed by atoms with Crippen LogP contribution in [0.15, 0.2) is 12.5 Å². The number of rotatable bonds is 5. The highest BCUT2D eigenvalue weighted by molar-refractivity contribution is 4.99. The zero-order chi connectivity index (χ0) is 12.2. The SMILES string of the molecule is CCC(N)Cc1cn(CCC(C)(C)C)cn1. The third kappa shape index (κ3) is 4.79. The van der Waals surface area contributed by atoms with Crippen molar-refractivity contribution >= 4 is 0 Å². The van der Waals surface area contributed by atoms with Gasteiger partial charge in [-0.05, 0) is 18.3 Å². The Kier molecular flexibility index (Phi) is 4.54.